The highest BCUT2D eigenvalue weighted by atomic mass is 16.6. The second-order valence-electron chi connectivity index (χ2n) is 12.0. The number of ether oxygens (including phenoxy) is 3. The van der Waals surface area contributed by atoms with E-state index in [9.17, 15) is 14.9 Å². The zero-order chi connectivity index (χ0) is 28.7. The minimum absolute atomic E-state index is 0.0161. The first-order valence-electron chi connectivity index (χ1n) is 14.2. The summed E-state index contributed by atoms with van der Waals surface area (Å²) in [6.45, 7) is 9.80. The van der Waals surface area contributed by atoms with Crippen LogP contribution in [0.1, 0.15) is 56.4 Å². The Kier molecular flexibility index (Phi) is 7.08. The maximum atomic E-state index is 13.4. The number of nitriles is 1. The molecule has 1 saturated heterocycles. The predicted octanol–water partition coefficient (Wildman–Crippen LogP) is 4.04. The van der Waals surface area contributed by atoms with Crippen LogP contribution in [0.25, 0.3) is 10.9 Å². The molecule has 0 radical (unpaired) electrons. The van der Waals surface area contributed by atoms with E-state index < -0.39 is 5.60 Å². The molecule has 3 aromatic rings. The van der Waals surface area contributed by atoms with Crippen molar-refractivity contribution in [3.8, 4) is 17.6 Å². The smallest absolute Gasteiger partial charge is 0.410 e. The van der Waals surface area contributed by atoms with Gasteiger partial charge in [-0.15, -0.1) is 0 Å². The number of hydrogen-bond acceptors (Lipinski definition) is 8. The number of benzene rings is 1. The van der Waals surface area contributed by atoms with Gasteiger partial charge in [0.15, 0.2) is 11.5 Å². The molecule has 10 nitrogen and oxygen atoms in total. The Morgan fingerprint density at radius 1 is 1.15 bits per heavy atom. The normalized spacial score (nSPS) is 18.7. The van der Waals surface area contributed by atoms with Gasteiger partial charge in [-0.25, -0.2) is 4.79 Å². The molecular formula is C31H35N5O5. The molecule has 1 fully saturated rings. The Labute approximate surface area is 239 Å². The molecule has 5 heterocycles. The summed E-state index contributed by atoms with van der Waals surface area (Å²) in [7, 11) is 0. The number of nitrogens with zero attached hydrogens (tertiary/aromatic N) is 5. The molecule has 1 amide bonds. The van der Waals surface area contributed by atoms with Gasteiger partial charge in [0.05, 0.1) is 35.6 Å². The molecule has 0 N–H and O–H groups in total. The van der Waals surface area contributed by atoms with Crippen LogP contribution in [0.5, 0.6) is 11.5 Å². The van der Waals surface area contributed by atoms with Gasteiger partial charge in [0.1, 0.15) is 18.8 Å². The predicted molar refractivity (Wildman–Crippen MR) is 152 cm³/mol. The van der Waals surface area contributed by atoms with Crippen LogP contribution < -0.4 is 15.0 Å². The third-order valence-corrected chi connectivity index (χ3v) is 8.04. The number of likely N-dealkylation sites (tertiary alicyclic amines) is 1. The van der Waals surface area contributed by atoms with E-state index in [0.29, 0.717) is 49.1 Å². The van der Waals surface area contributed by atoms with Crippen LogP contribution in [0.3, 0.4) is 0 Å². The Balaban J connectivity index is 1.17. The Bertz CT molecular complexity index is 1580. The van der Waals surface area contributed by atoms with E-state index in [4.69, 9.17) is 14.2 Å². The quantitative estimate of drug-likeness (QED) is 0.462. The van der Waals surface area contributed by atoms with E-state index in [1.807, 2.05) is 49.6 Å². The fourth-order valence-electron chi connectivity index (χ4n) is 6.21. The molecule has 214 valence electrons. The molecule has 0 bridgehead atoms. The number of pyridine rings is 2. The van der Waals surface area contributed by atoms with E-state index in [1.165, 1.54) is 0 Å². The van der Waals surface area contributed by atoms with Crippen LogP contribution >= 0.6 is 0 Å². The van der Waals surface area contributed by atoms with E-state index >= 15 is 0 Å². The molecule has 0 saturated carbocycles. The highest BCUT2D eigenvalue weighted by Crippen LogP contribution is 2.36. The summed E-state index contributed by atoms with van der Waals surface area (Å²) >= 11 is 0. The van der Waals surface area contributed by atoms with Crippen LogP contribution in [-0.2, 0) is 17.8 Å². The summed E-state index contributed by atoms with van der Waals surface area (Å²) in [4.78, 5) is 34.7. The molecular weight excluding hydrogens is 522 g/mol. The lowest BCUT2D eigenvalue weighted by Gasteiger charge is -2.39. The number of fused-ring (bicyclic) bond motifs is 1. The van der Waals surface area contributed by atoms with Crippen molar-refractivity contribution in [1.82, 2.24) is 19.4 Å². The number of piperidine rings is 1. The first-order valence-corrected chi connectivity index (χ1v) is 14.2. The zero-order valence-corrected chi connectivity index (χ0v) is 23.8. The maximum absolute atomic E-state index is 13.4. The minimum atomic E-state index is -0.620. The number of carbonyl (C=O) groups is 1. The number of aromatic nitrogens is 2. The molecule has 3 aliphatic heterocycles. The van der Waals surface area contributed by atoms with E-state index in [0.717, 1.165) is 48.9 Å². The van der Waals surface area contributed by atoms with Gasteiger partial charge in [0.25, 0.3) is 5.56 Å². The number of carbonyl (C=O) groups excluding carboxylic acids is 1. The van der Waals surface area contributed by atoms with Gasteiger partial charge in [0.2, 0.25) is 0 Å². The van der Waals surface area contributed by atoms with Crippen molar-refractivity contribution in [2.24, 2.45) is 0 Å². The summed E-state index contributed by atoms with van der Waals surface area (Å²) in [6.07, 6.45) is 2.85. The van der Waals surface area contributed by atoms with Crippen molar-refractivity contribution in [2.45, 2.75) is 64.3 Å². The Morgan fingerprint density at radius 2 is 1.88 bits per heavy atom. The Morgan fingerprint density at radius 3 is 2.61 bits per heavy atom. The molecule has 41 heavy (non-hydrogen) atoms. The van der Waals surface area contributed by atoms with Crippen LogP contribution in [-0.4, -0.2) is 69.9 Å². The molecule has 0 aliphatic carbocycles. The minimum Gasteiger partial charge on any atom is -0.486 e. The summed E-state index contributed by atoms with van der Waals surface area (Å²) in [5.41, 5.74) is 2.57. The molecule has 1 aromatic carbocycles. The van der Waals surface area contributed by atoms with Crippen molar-refractivity contribution in [3.05, 3.63) is 63.7 Å². The number of amides is 1. The Hall–Kier alpha value is -4.10. The second-order valence-corrected chi connectivity index (χ2v) is 12.0. The van der Waals surface area contributed by atoms with Crippen LogP contribution in [0, 0.1) is 11.3 Å². The molecule has 6 rings (SSSR count). The third-order valence-electron chi connectivity index (χ3n) is 8.04. The zero-order valence-electron chi connectivity index (χ0n) is 23.8. The summed E-state index contributed by atoms with van der Waals surface area (Å²) in [5, 5.41) is 10.8. The van der Waals surface area contributed by atoms with Gasteiger partial charge in [-0.1, -0.05) is 6.07 Å². The molecule has 10 heteroatoms. The van der Waals surface area contributed by atoms with Gasteiger partial charge in [-0.2, -0.15) is 5.26 Å². The lowest BCUT2D eigenvalue weighted by Crippen LogP contribution is -2.49. The lowest BCUT2D eigenvalue weighted by molar-refractivity contribution is 0.00512. The SMILES string of the molecule is CC(C)(C)OC(=O)N(Cc1cc2c(cn1)OCCO2)C1CCN(CC2Cn3c(=O)ccc4ccc(C#N)c2c43)CC1. The van der Waals surface area contributed by atoms with Gasteiger partial charge in [-0.3, -0.25) is 14.7 Å². The fraction of sp³-hybridized carbons (Fsp3) is 0.484. The number of hydrogen-bond donors (Lipinski definition) is 0. The van der Waals surface area contributed by atoms with Crippen molar-refractivity contribution in [2.75, 3.05) is 32.8 Å². The summed E-state index contributed by atoms with van der Waals surface area (Å²) in [6, 6.07) is 11.4. The third kappa shape index (κ3) is 5.46. The fourth-order valence-corrected chi connectivity index (χ4v) is 6.21. The van der Waals surface area contributed by atoms with Crippen LogP contribution in [0.2, 0.25) is 0 Å². The van der Waals surface area contributed by atoms with E-state index in [1.54, 1.807) is 17.2 Å². The van der Waals surface area contributed by atoms with E-state index in [2.05, 4.69) is 16.0 Å². The molecule has 3 aliphatic rings. The summed E-state index contributed by atoms with van der Waals surface area (Å²) in [5.74, 6) is 1.32. The van der Waals surface area contributed by atoms with Gasteiger partial charge in [-0.05, 0) is 51.1 Å². The first-order chi connectivity index (χ1) is 19.7. The van der Waals surface area contributed by atoms with Crippen LogP contribution in [0.4, 0.5) is 4.79 Å². The van der Waals surface area contributed by atoms with Gasteiger partial charge in [0, 0.05) is 55.8 Å². The number of rotatable bonds is 5. The van der Waals surface area contributed by atoms with Crippen LogP contribution in [0.15, 0.2) is 41.3 Å². The first kappa shape index (κ1) is 27.1. The van der Waals surface area contributed by atoms with Crippen molar-refractivity contribution in [3.63, 3.8) is 0 Å². The van der Waals surface area contributed by atoms with Gasteiger partial charge < -0.3 is 23.7 Å². The van der Waals surface area contributed by atoms with Crippen molar-refractivity contribution < 1.29 is 19.0 Å². The lowest BCUT2D eigenvalue weighted by atomic mass is 9.93. The van der Waals surface area contributed by atoms with E-state index in [-0.39, 0.29) is 23.6 Å². The standard InChI is InChI=1S/C31H35N5O5/c1-31(2,3)41-30(38)35(19-23-14-25-26(16-33-23)40-13-12-39-25)24-8-10-34(11-9-24)17-22-18-36-27(37)7-6-20-4-5-21(15-32)28(22)29(20)36/h4-7,14,16,22,24H,8-13,17-19H2,1-3H3. The average Bonchev–Trinajstić information content (AvgIpc) is 3.34. The van der Waals surface area contributed by atoms with Crippen molar-refractivity contribution in [1.29, 1.82) is 5.26 Å². The largest absolute Gasteiger partial charge is 0.486 e. The van der Waals surface area contributed by atoms with Gasteiger partial charge >= 0.3 is 6.09 Å². The average molecular weight is 558 g/mol. The molecule has 2 aromatic heterocycles. The summed E-state index contributed by atoms with van der Waals surface area (Å²) < 4.78 is 19.0. The highest BCUT2D eigenvalue weighted by molar-refractivity contribution is 5.86. The van der Waals surface area contributed by atoms with Crippen molar-refractivity contribution >= 4 is 17.0 Å². The molecule has 1 unspecified atom stereocenters. The maximum Gasteiger partial charge on any atom is 0.410 e. The molecule has 1 atom stereocenters. The molecule has 0 spiro atoms. The topological polar surface area (TPSA) is 110 Å². The second kappa shape index (κ2) is 10.7. The monoisotopic (exact) mass is 557 g/mol. The highest BCUT2D eigenvalue weighted by Gasteiger charge is 2.34.